The van der Waals surface area contributed by atoms with Crippen LogP contribution in [-0.2, 0) is 9.59 Å². The number of aliphatic imine (C=N–C) groups is 2. The molecule has 0 aliphatic heterocycles. The SMILES string of the molecule is O=C([O-])CN=Cc1ccc(C=NCC(=O)[O-])cc1.[K+].[K+]. The Labute approximate surface area is 201 Å². The number of hydrogen-bond acceptors (Lipinski definition) is 6. The molecule has 0 aliphatic rings. The molecule has 0 saturated heterocycles. The molecule has 8 heteroatoms. The van der Waals surface area contributed by atoms with Crippen LogP contribution in [0.1, 0.15) is 11.1 Å². The van der Waals surface area contributed by atoms with Gasteiger partial charge in [-0.15, -0.1) is 0 Å². The molecular weight excluding hydrogens is 314 g/mol. The zero-order chi connectivity index (χ0) is 13.4. The number of rotatable bonds is 6. The number of aliphatic carboxylic acids is 2. The van der Waals surface area contributed by atoms with E-state index in [4.69, 9.17) is 0 Å². The molecule has 6 nitrogen and oxygen atoms in total. The van der Waals surface area contributed by atoms with Gasteiger partial charge < -0.3 is 19.8 Å². The van der Waals surface area contributed by atoms with Crippen LogP contribution in [0.5, 0.6) is 0 Å². The minimum Gasteiger partial charge on any atom is -0.548 e. The Balaban J connectivity index is 0. The maximum absolute atomic E-state index is 10.1. The molecule has 0 heterocycles. The predicted octanol–water partition coefficient (Wildman–Crippen LogP) is -7.97. The van der Waals surface area contributed by atoms with E-state index in [-0.39, 0.29) is 116 Å². The Morgan fingerprint density at radius 2 is 1.15 bits per heavy atom. The van der Waals surface area contributed by atoms with Gasteiger partial charge in [0, 0.05) is 12.4 Å². The van der Waals surface area contributed by atoms with Gasteiger partial charge in [-0.1, -0.05) is 24.3 Å². The Kier molecular flexibility index (Phi) is 15.5. The van der Waals surface area contributed by atoms with Crippen molar-refractivity contribution in [2.45, 2.75) is 0 Å². The van der Waals surface area contributed by atoms with Gasteiger partial charge in [-0.05, 0) is 11.1 Å². The van der Waals surface area contributed by atoms with Crippen LogP contribution >= 0.6 is 0 Å². The molecule has 0 atom stereocenters. The normalized spacial score (nSPS) is 10.0. The summed E-state index contributed by atoms with van der Waals surface area (Å²) in [6.45, 7) is -0.760. The second kappa shape index (κ2) is 13.4. The smallest absolute Gasteiger partial charge is 0.548 e. The van der Waals surface area contributed by atoms with E-state index in [1.165, 1.54) is 12.4 Å². The molecule has 0 radical (unpaired) electrons. The Hall–Kier alpha value is 0.773. The molecule has 0 unspecified atom stereocenters. The third-order valence-electron chi connectivity index (χ3n) is 1.86. The van der Waals surface area contributed by atoms with Gasteiger partial charge in [0.05, 0.1) is 25.0 Å². The second-order valence-electron chi connectivity index (χ2n) is 3.35. The summed E-state index contributed by atoms with van der Waals surface area (Å²) < 4.78 is 0. The fourth-order valence-electron chi connectivity index (χ4n) is 1.12. The predicted molar refractivity (Wildman–Crippen MR) is 61.4 cm³/mol. The topological polar surface area (TPSA) is 105 Å². The number of carbonyl (C=O) groups excluding carboxylic acids is 2. The zero-order valence-corrected chi connectivity index (χ0v) is 17.7. The molecule has 1 aromatic carbocycles. The zero-order valence-electron chi connectivity index (χ0n) is 11.4. The molecule has 0 aliphatic carbocycles. The first-order valence-electron chi connectivity index (χ1n) is 5.07. The number of carboxylic acid groups (broad SMARTS) is 2. The number of carboxylic acids is 2. The fourth-order valence-corrected chi connectivity index (χ4v) is 1.12. The molecule has 0 N–H and O–H groups in total. The third-order valence-corrected chi connectivity index (χ3v) is 1.86. The van der Waals surface area contributed by atoms with Crippen LogP contribution in [-0.4, -0.2) is 37.5 Å². The van der Waals surface area contributed by atoms with Gasteiger partial charge in [-0.3, -0.25) is 9.98 Å². The quantitative estimate of drug-likeness (QED) is 0.383. The van der Waals surface area contributed by atoms with Crippen LogP contribution in [0.25, 0.3) is 0 Å². The minimum atomic E-state index is -1.24. The van der Waals surface area contributed by atoms with Gasteiger partial charge in [0.25, 0.3) is 0 Å². The Morgan fingerprint density at radius 1 is 0.850 bits per heavy atom. The molecule has 0 bridgehead atoms. The van der Waals surface area contributed by atoms with Crippen molar-refractivity contribution in [2.24, 2.45) is 9.98 Å². The van der Waals surface area contributed by atoms with Crippen LogP contribution < -0.4 is 113 Å². The second-order valence-corrected chi connectivity index (χ2v) is 3.35. The first-order chi connectivity index (χ1) is 8.58. The summed E-state index contributed by atoms with van der Waals surface area (Å²) in [5.74, 6) is -2.48. The first-order valence-corrected chi connectivity index (χ1v) is 5.07. The van der Waals surface area contributed by atoms with Gasteiger partial charge in [-0.2, -0.15) is 0 Å². The molecule has 1 aromatic rings. The van der Waals surface area contributed by atoms with E-state index in [0.29, 0.717) is 0 Å². The summed E-state index contributed by atoms with van der Waals surface area (Å²) in [4.78, 5) is 27.5. The average molecular weight is 324 g/mol. The van der Waals surface area contributed by atoms with Crippen molar-refractivity contribution >= 4 is 24.4 Å². The average Bonchev–Trinajstić information content (AvgIpc) is 2.30. The van der Waals surface area contributed by atoms with Crippen molar-refractivity contribution in [2.75, 3.05) is 13.1 Å². The van der Waals surface area contributed by atoms with Crippen LogP contribution in [0.3, 0.4) is 0 Å². The minimum absolute atomic E-state index is 0. The van der Waals surface area contributed by atoms with Crippen molar-refractivity contribution < 1.29 is 123 Å². The van der Waals surface area contributed by atoms with E-state index in [9.17, 15) is 19.8 Å². The first kappa shape index (κ1) is 23.0. The van der Waals surface area contributed by atoms with Crippen molar-refractivity contribution in [3.8, 4) is 0 Å². The molecule has 0 spiro atoms. The number of carbonyl (C=O) groups is 2. The van der Waals surface area contributed by atoms with Gasteiger partial charge in [0.1, 0.15) is 0 Å². The van der Waals surface area contributed by atoms with Crippen molar-refractivity contribution in [3.63, 3.8) is 0 Å². The summed E-state index contributed by atoms with van der Waals surface area (Å²) in [5, 5.41) is 20.2. The van der Waals surface area contributed by atoms with Crippen LogP contribution in [0.2, 0.25) is 0 Å². The van der Waals surface area contributed by atoms with E-state index in [1.54, 1.807) is 24.3 Å². The molecule has 0 saturated carbocycles. The van der Waals surface area contributed by atoms with E-state index < -0.39 is 11.9 Å². The standard InChI is InChI=1S/C12H12N2O4.2K/c15-11(16)7-13-5-9-1-2-10(4-3-9)6-14-8-12(17)18;;/h1-6H,7-8H2,(H,15,16)(H,17,18);;/q;2*+1/p-2. The van der Waals surface area contributed by atoms with Crippen molar-refractivity contribution in [1.82, 2.24) is 0 Å². The van der Waals surface area contributed by atoms with Gasteiger partial charge >= 0.3 is 103 Å². The van der Waals surface area contributed by atoms with Gasteiger partial charge in [-0.25, -0.2) is 0 Å². The summed E-state index contributed by atoms with van der Waals surface area (Å²) >= 11 is 0. The van der Waals surface area contributed by atoms with Crippen LogP contribution in [0, 0.1) is 0 Å². The van der Waals surface area contributed by atoms with E-state index in [2.05, 4.69) is 9.98 Å². The molecular formula is C12H10K2N2O4. The van der Waals surface area contributed by atoms with Crippen molar-refractivity contribution in [1.29, 1.82) is 0 Å². The van der Waals surface area contributed by atoms with Gasteiger partial charge in [0.15, 0.2) is 0 Å². The Morgan fingerprint density at radius 3 is 1.40 bits per heavy atom. The van der Waals surface area contributed by atoms with E-state index in [0.717, 1.165) is 11.1 Å². The molecule has 1 rings (SSSR count). The third kappa shape index (κ3) is 11.4. The number of benzene rings is 1. The molecule has 20 heavy (non-hydrogen) atoms. The monoisotopic (exact) mass is 324 g/mol. The molecule has 0 fully saturated rings. The van der Waals surface area contributed by atoms with Gasteiger partial charge in [0.2, 0.25) is 0 Å². The van der Waals surface area contributed by atoms with Crippen LogP contribution in [0.15, 0.2) is 34.3 Å². The maximum Gasteiger partial charge on any atom is 1.00 e. The maximum atomic E-state index is 10.1. The van der Waals surface area contributed by atoms with E-state index >= 15 is 0 Å². The summed E-state index contributed by atoms with van der Waals surface area (Å²) in [6, 6.07) is 6.83. The summed E-state index contributed by atoms with van der Waals surface area (Å²) in [5.41, 5.74) is 1.46. The summed E-state index contributed by atoms with van der Waals surface area (Å²) in [6.07, 6.45) is 2.83. The van der Waals surface area contributed by atoms with E-state index in [1.807, 2.05) is 0 Å². The molecule has 94 valence electrons. The molecule has 0 amide bonds. The molecule has 0 aromatic heterocycles. The number of nitrogens with zero attached hydrogens (tertiary/aromatic N) is 2. The summed E-state index contributed by atoms with van der Waals surface area (Å²) in [7, 11) is 0. The largest absolute Gasteiger partial charge is 1.00 e. The van der Waals surface area contributed by atoms with Crippen LogP contribution in [0.4, 0.5) is 0 Å². The number of hydrogen-bond donors (Lipinski definition) is 0. The fraction of sp³-hybridized carbons (Fsp3) is 0.167. The Bertz CT molecular complexity index is 442. The van der Waals surface area contributed by atoms with Crippen molar-refractivity contribution in [3.05, 3.63) is 35.4 Å².